The third-order valence-corrected chi connectivity index (χ3v) is 4.07. The molecular formula is C18H13F5N2O2. The van der Waals surface area contributed by atoms with Gasteiger partial charge in [-0.1, -0.05) is 6.07 Å². The zero-order valence-corrected chi connectivity index (χ0v) is 13.7. The highest BCUT2D eigenvalue weighted by Crippen LogP contribution is 2.33. The van der Waals surface area contributed by atoms with E-state index >= 15 is 0 Å². The monoisotopic (exact) mass is 384 g/mol. The van der Waals surface area contributed by atoms with Crippen LogP contribution in [0.5, 0.6) is 0 Å². The third kappa shape index (κ3) is 4.07. The van der Waals surface area contributed by atoms with Gasteiger partial charge in [0.15, 0.2) is 0 Å². The van der Waals surface area contributed by atoms with Crippen molar-refractivity contribution in [3.8, 4) is 0 Å². The second-order valence-corrected chi connectivity index (χ2v) is 5.96. The van der Waals surface area contributed by atoms with Crippen LogP contribution < -0.4 is 0 Å². The lowest BCUT2D eigenvalue weighted by Crippen LogP contribution is -2.06. The van der Waals surface area contributed by atoms with Gasteiger partial charge in [-0.05, 0) is 24.3 Å². The molecule has 0 saturated heterocycles. The zero-order chi connectivity index (χ0) is 19.8. The summed E-state index contributed by atoms with van der Waals surface area (Å²) in [6.45, 7) is -0.138. The van der Waals surface area contributed by atoms with Gasteiger partial charge in [0.2, 0.25) is 0 Å². The highest BCUT2D eigenvalue weighted by molar-refractivity contribution is 5.83. The Balaban J connectivity index is 2.07. The Labute approximate surface area is 149 Å². The van der Waals surface area contributed by atoms with Crippen molar-refractivity contribution in [2.75, 3.05) is 0 Å². The molecule has 0 saturated carbocycles. The summed E-state index contributed by atoms with van der Waals surface area (Å²) in [5.74, 6) is -2.68. The number of hydrogen-bond donors (Lipinski definition) is 1. The number of alkyl halides is 3. The van der Waals surface area contributed by atoms with E-state index in [9.17, 15) is 26.7 Å². The molecule has 2 aromatic carbocycles. The van der Waals surface area contributed by atoms with E-state index in [1.807, 2.05) is 0 Å². The molecule has 0 aliphatic carbocycles. The molecule has 0 aliphatic rings. The van der Waals surface area contributed by atoms with E-state index in [-0.39, 0.29) is 36.0 Å². The van der Waals surface area contributed by atoms with Crippen LogP contribution in [-0.4, -0.2) is 20.9 Å². The predicted molar refractivity (Wildman–Crippen MR) is 86.2 cm³/mol. The van der Waals surface area contributed by atoms with Crippen molar-refractivity contribution in [3.05, 3.63) is 64.9 Å². The number of carboxylic acid groups (broad SMARTS) is 1. The molecular weight excluding hydrogens is 371 g/mol. The summed E-state index contributed by atoms with van der Waals surface area (Å²) in [7, 11) is 0. The maximum Gasteiger partial charge on any atom is 0.416 e. The van der Waals surface area contributed by atoms with E-state index in [2.05, 4.69) is 5.10 Å². The molecule has 1 aromatic heterocycles. The first kappa shape index (κ1) is 18.8. The molecule has 0 fully saturated rings. The second kappa shape index (κ2) is 6.98. The molecule has 1 heterocycles. The van der Waals surface area contributed by atoms with Gasteiger partial charge in [-0.25, -0.2) is 8.78 Å². The van der Waals surface area contributed by atoms with E-state index in [1.54, 1.807) is 0 Å². The fourth-order valence-electron chi connectivity index (χ4n) is 2.76. The molecule has 0 bridgehead atoms. The lowest BCUT2D eigenvalue weighted by Gasteiger charge is -2.08. The van der Waals surface area contributed by atoms with Crippen molar-refractivity contribution in [1.29, 1.82) is 0 Å². The van der Waals surface area contributed by atoms with Gasteiger partial charge in [0, 0.05) is 23.4 Å². The molecule has 27 heavy (non-hydrogen) atoms. The van der Waals surface area contributed by atoms with Gasteiger partial charge < -0.3 is 5.11 Å². The first-order valence-electron chi connectivity index (χ1n) is 7.87. The summed E-state index contributed by atoms with van der Waals surface area (Å²) in [5, 5.41) is 13.2. The van der Waals surface area contributed by atoms with Crippen LogP contribution in [0.4, 0.5) is 22.0 Å². The Kier molecular flexibility index (Phi) is 4.86. The smallest absolute Gasteiger partial charge is 0.416 e. The SMILES string of the molecule is O=C(O)CCc1nn(Cc2ccc(F)cc2F)c2ccc(C(F)(F)F)cc12. The number of carbonyl (C=O) groups is 1. The fraction of sp³-hybridized carbons (Fsp3) is 0.222. The van der Waals surface area contributed by atoms with Crippen LogP contribution in [0.15, 0.2) is 36.4 Å². The lowest BCUT2D eigenvalue weighted by atomic mass is 10.1. The van der Waals surface area contributed by atoms with Crippen molar-refractivity contribution in [1.82, 2.24) is 9.78 Å². The minimum absolute atomic E-state index is 0.0773. The number of aliphatic carboxylic acids is 1. The number of aryl methyl sites for hydroxylation is 1. The first-order chi connectivity index (χ1) is 12.6. The number of nitrogens with zero attached hydrogens (tertiary/aromatic N) is 2. The van der Waals surface area contributed by atoms with Crippen molar-refractivity contribution in [2.45, 2.75) is 25.6 Å². The van der Waals surface area contributed by atoms with Crippen LogP contribution in [0.1, 0.15) is 23.2 Å². The number of fused-ring (bicyclic) bond motifs is 1. The average molecular weight is 384 g/mol. The quantitative estimate of drug-likeness (QED) is 0.664. The standard InChI is InChI=1S/C18H13F5N2O2/c19-12-3-1-10(14(20)8-12)9-25-16-5-2-11(18(21,22)23)7-13(16)15(24-25)4-6-17(26)27/h1-3,5,7-8H,4,6,9H2,(H,26,27). The average Bonchev–Trinajstić information content (AvgIpc) is 2.92. The molecule has 3 aromatic rings. The zero-order valence-electron chi connectivity index (χ0n) is 13.7. The third-order valence-electron chi connectivity index (χ3n) is 4.07. The normalized spacial score (nSPS) is 11.9. The van der Waals surface area contributed by atoms with Crippen molar-refractivity contribution in [3.63, 3.8) is 0 Å². The van der Waals surface area contributed by atoms with Crippen LogP contribution in [0.25, 0.3) is 10.9 Å². The Morgan fingerprint density at radius 2 is 1.85 bits per heavy atom. The molecule has 0 unspecified atom stereocenters. The predicted octanol–water partition coefficient (Wildman–Crippen LogP) is 4.40. The molecule has 0 atom stereocenters. The highest BCUT2D eigenvalue weighted by atomic mass is 19.4. The van der Waals surface area contributed by atoms with Crippen molar-refractivity contribution >= 4 is 16.9 Å². The van der Waals surface area contributed by atoms with Gasteiger partial charge >= 0.3 is 12.1 Å². The summed E-state index contributed by atoms with van der Waals surface area (Å²) in [6, 6.07) is 5.97. The van der Waals surface area contributed by atoms with E-state index in [1.165, 1.54) is 16.8 Å². The topological polar surface area (TPSA) is 55.1 Å². The van der Waals surface area contributed by atoms with E-state index in [0.717, 1.165) is 18.2 Å². The van der Waals surface area contributed by atoms with E-state index in [0.29, 0.717) is 11.6 Å². The molecule has 0 aliphatic heterocycles. The number of carboxylic acids is 1. The number of halogens is 5. The van der Waals surface area contributed by atoms with Crippen LogP contribution in [-0.2, 0) is 23.9 Å². The number of rotatable bonds is 5. The Bertz CT molecular complexity index is 1010. The number of benzene rings is 2. The van der Waals surface area contributed by atoms with Gasteiger partial charge in [0.05, 0.1) is 29.7 Å². The minimum atomic E-state index is -4.57. The van der Waals surface area contributed by atoms with Gasteiger partial charge in [-0.15, -0.1) is 0 Å². The minimum Gasteiger partial charge on any atom is -0.481 e. The van der Waals surface area contributed by atoms with Gasteiger partial charge in [-0.2, -0.15) is 18.3 Å². The summed E-state index contributed by atoms with van der Waals surface area (Å²) < 4.78 is 67.2. The largest absolute Gasteiger partial charge is 0.481 e. The second-order valence-electron chi connectivity index (χ2n) is 5.96. The summed E-state index contributed by atoms with van der Waals surface area (Å²) in [4.78, 5) is 10.8. The van der Waals surface area contributed by atoms with E-state index in [4.69, 9.17) is 5.11 Å². The molecule has 9 heteroatoms. The van der Waals surface area contributed by atoms with Crippen LogP contribution in [0.2, 0.25) is 0 Å². The van der Waals surface area contributed by atoms with Gasteiger partial charge in [0.25, 0.3) is 0 Å². The lowest BCUT2D eigenvalue weighted by molar-refractivity contribution is -0.138. The molecule has 1 N–H and O–H groups in total. The van der Waals surface area contributed by atoms with Crippen LogP contribution in [0, 0.1) is 11.6 Å². The molecule has 142 valence electrons. The maximum absolute atomic E-state index is 13.9. The van der Waals surface area contributed by atoms with Gasteiger partial charge in [-0.3, -0.25) is 9.48 Å². The summed E-state index contributed by atoms with van der Waals surface area (Å²) >= 11 is 0. The molecule has 0 radical (unpaired) electrons. The molecule has 4 nitrogen and oxygen atoms in total. The highest BCUT2D eigenvalue weighted by Gasteiger charge is 2.31. The summed E-state index contributed by atoms with van der Waals surface area (Å²) in [6.07, 6.45) is -4.96. The Hall–Kier alpha value is -2.97. The maximum atomic E-state index is 13.9. The molecule has 0 amide bonds. The first-order valence-corrected chi connectivity index (χ1v) is 7.87. The Morgan fingerprint density at radius 1 is 1.11 bits per heavy atom. The summed E-state index contributed by atoms with van der Waals surface area (Å²) in [5.41, 5.74) is -0.322. The van der Waals surface area contributed by atoms with Crippen LogP contribution in [0.3, 0.4) is 0 Å². The molecule has 3 rings (SSSR count). The van der Waals surface area contributed by atoms with Crippen molar-refractivity contribution < 1.29 is 31.9 Å². The number of hydrogen-bond acceptors (Lipinski definition) is 2. The van der Waals surface area contributed by atoms with Crippen molar-refractivity contribution in [2.24, 2.45) is 0 Å². The van der Waals surface area contributed by atoms with Crippen LogP contribution >= 0.6 is 0 Å². The van der Waals surface area contributed by atoms with E-state index < -0.39 is 29.3 Å². The fourth-order valence-corrected chi connectivity index (χ4v) is 2.76. The molecule has 0 spiro atoms. The Morgan fingerprint density at radius 3 is 2.48 bits per heavy atom. The van der Waals surface area contributed by atoms with Gasteiger partial charge in [0.1, 0.15) is 11.6 Å². The number of aromatic nitrogens is 2.